The van der Waals surface area contributed by atoms with Gasteiger partial charge in [0.1, 0.15) is 11.8 Å². The fraction of sp³-hybridized carbons (Fsp3) is 0.227. The van der Waals surface area contributed by atoms with Crippen LogP contribution in [0.5, 0.6) is 5.75 Å². The number of fused-ring (bicyclic) bond motifs is 2. The normalized spacial score (nSPS) is 14.7. The van der Waals surface area contributed by atoms with E-state index in [1.807, 2.05) is 60.7 Å². The molecule has 2 aliphatic heterocycles. The summed E-state index contributed by atoms with van der Waals surface area (Å²) in [6.45, 7) is 0.948. The quantitative estimate of drug-likeness (QED) is 0.0633. The molecule has 0 aliphatic carbocycles. The van der Waals surface area contributed by atoms with Crippen LogP contribution in [0.4, 0.5) is 11.4 Å². The van der Waals surface area contributed by atoms with Crippen LogP contribution >= 0.6 is 0 Å². The number of nitrogens with two attached hydrogens (primary N) is 1. The molecule has 312 valence electrons. The molecule has 0 radical (unpaired) electrons. The van der Waals surface area contributed by atoms with Gasteiger partial charge in [-0.1, -0.05) is 42.5 Å². The van der Waals surface area contributed by atoms with Gasteiger partial charge in [0.25, 0.3) is 29.5 Å². The third kappa shape index (κ3) is 9.70. The van der Waals surface area contributed by atoms with Gasteiger partial charge in [0, 0.05) is 42.3 Å². The molecule has 0 saturated carbocycles. The second kappa shape index (κ2) is 19.0. The van der Waals surface area contributed by atoms with Gasteiger partial charge in [-0.3, -0.25) is 48.8 Å². The molecule has 7 rings (SSSR count). The van der Waals surface area contributed by atoms with Crippen molar-refractivity contribution >= 4 is 63.6 Å². The molecule has 5 aromatic rings. The molecule has 0 spiro atoms. The van der Waals surface area contributed by atoms with Crippen LogP contribution < -0.4 is 31.7 Å². The zero-order valence-corrected chi connectivity index (χ0v) is 32.7. The molecule has 2 aliphatic rings. The Bertz CT molecular complexity index is 2510. The van der Waals surface area contributed by atoms with Gasteiger partial charge in [0.05, 0.1) is 54.3 Å². The molecule has 1 aromatic heterocycles. The van der Waals surface area contributed by atoms with Crippen LogP contribution in [-0.2, 0) is 23.9 Å². The molecule has 17 heteroatoms. The second-order valence-corrected chi connectivity index (χ2v) is 14.0. The lowest BCUT2D eigenvalue weighted by Gasteiger charge is -2.27. The van der Waals surface area contributed by atoms with Crippen LogP contribution in [0.3, 0.4) is 0 Å². The highest BCUT2D eigenvalue weighted by Crippen LogP contribution is 2.35. The predicted molar refractivity (Wildman–Crippen MR) is 221 cm³/mol. The Morgan fingerprint density at radius 1 is 0.803 bits per heavy atom. The summed E-state index contributed by atoms with van der Waals surface area (Å²) in [6.07, 6.45) is 1.48. The number of rotatable bonds is 18. The number of aromatic nitrogens is 1. The number of imide groups is 2. The van der Waals surface area contributed by atoms with E-state index in [-0.39, 0.29) is 80.7 Å². The van der Waals surface area contributed by atoms with E-state index < -0.39 is 48.1 Å². The predicted octanol–water partition coefficient (Wildman–Crippen LogP) is 3.10. The third-order valence-corrected chi connectivity index (χ3v) is 9.92. The average Bonchev–Trinajstić information content (AvgIpc) is 3.52. The minimum absolute atomic E-state index is 0.00349. The highest BCUT2D eigenvalue weighted by molar-refractivity contribution is 6.24. The zero-order valence-electron chi connectivity index (χ0n) is 32.7. The molecular weight excluding hydrogens is 787 g/mol. The van der Waals surface area contributed by atoms with Crippen molar-refractivity contribution in [2.45, 2.75) is 18.9 Å². The Labute approximate surface area is 348 Å². The maximum absolute atomic E-state index is 13.2. The standard InChI is InChI=1S/C44H41N7O10/c45-40(54)32-24-48-33-14-13-28(23-31(33)39(32)49-29-5-2-1-3-6-29)26-9-11-27(12-10-26)41(55)47-18-20-60-22-21-59-19-17-46-37(53)25-61-35-8-4-7-30-38(35)44(58)51(43(30)57)34-15-16-36(52)50-42(34)56/h1-14,23-24,34H,15-22,25H2,(H2,45,54)(H,46,53)(H,47,55)(H,48,49)(H,50,52,56). The van der Waals surface area contributed by atoms with E-state index in [0.29, 0.717) is 16.8 Å². The van der Waals surface area contributed by atoms with Gasteiger partial charge in [-0.2, -0.15) is 0 Å². The van der Waals surface area contributed by atoms with Gasteiger partial charge in [0.2, 0.25) is 11.8 Å². The number of primary amides is 1. The van der Waals surface area contributed by atoms with Gasteiger partial charge < -0.3 is 35.9 Å². The summed E-state index contributed by atoms with van der Waals surface area (Å²) >= 11 is 0. The van der Waals surface area contributed by atoms with E-state index in [9.17, 15) is 33.6 Å². The number of hydrogen-bond donors (Lipinski definition) is 5. The van der Waals surface area contributed by atoms with Gasteiger partial charge in [-0.05, 0) is 66.1 Å². The summed E-state index contributed by atoms with van der Waals surface area (Å²) in [7, 11) is 0. The summed E-state index contributed by atoms with van der Waals surface area (Å²) in [6, 6.07) is 25.6. The van der Waals surface area contributed by atoms with Crippen LogP contribution in [0, 0.1) is 0 Å². The number of carbonyl (C=O) groups is 7. The molecule has 1 saturated heterocycles. The van der Waals surface area contributed by atoms with Crippen molar-refractivity contribution in [3.8, 4) is 16.9 Å². The number of nitrogens with zero attached hydrogens (tertiary/aromatic N) is 2. The van der Waals surface area contributed by atoms with E-state index in [1.54, 1.807) is 12.1 Å². The SMILES string of the molecule is NC(=O)c1cnc2ccc(-c3ccc(C(=O)NCCOCCOCCNC(=O)COc4cccc5c4C(=O)N(C4CCC(=O)NC4=O)C5=O)cc3)cc2c1Nc1ccccc1. The van der Waals surface area contributed by atoms with Crippen molar-refractivity contribution in [1.29, 1.82) is 0 Å². The largest absolute Gasteiger partial charge is 0.483 e. The van der Waals surface area contributed by atoms with Crippen molar-refractivity contribution in [3.05, 3.63) is 119 Å². The fourth-order valence-corrected chi connectivity index (χ4v) is 6.90. The molecule has 17 nitrogen and oxygen atoms in total. The first-order valence-electron chi connectivity index (χ1n) is 19.4. The average molecular weight is 828 g/mol. The molecule has 0 bridgehead atoms. The molecule has 1 fully saturated rings. The summed E-state index contributed by atoms with van der Waals surface area (Å²) in [5.74, 6) is -3.93. The van der Waals surface area contributed by atoms with Crippen molar-refractivity contribution in [1.82, 2.24) is 25.8 Å². The minimum atomic E-state index is -1.12. The number of benzene rings is 4. The van der Waals surface area contributed by atoms with Crippen LogP contribution in [0.1, 0.15) is 54.3 Å². The maximum atomic E-state index is 13.2. The highest BCUT2D eigenvalue weighted by Gasteiger charge is 2.46. The molecule has 3 heterocycles. The lowest BCUT2D eigenvalue weighted by atomic mass is 10.00. The first-order valence-corrected chi connectivity index (χ1v) is 19.4. The maximum Gasteiger partial charge on any atom is 0.266 e. The first kappa shape index (κ1) is 41.7. The summed E-state index contributed by atoms with van der Waals surface area (Å²) in [5, 5.41) is 11.6. The number of para-hydroxylation sites is 1. The minimum Gasteiger partial charge on any atom is -0.483 e. The van der Waals surface area contributed by atoms with Crippen LogP contribution in [-0.4, -0.2) is 103 Å². The molecule has 1 atom stereocenters. The van der Waals surface area contributed by atoms with Gasteiger partial charge in [-0.25, -0.2) is 0 Å². The number of amides is 7. The summed E-state index contributed by atoms with van der Waals surface area (Å²) < 4.78 is 16.6. The van der Waals surface area contributed by atoms with Crippen molar-refractivity contribution in [3.63, 3.8) is 0 Å². The van der Waals surface area contributed by atoms with Crippen LogP contribution in [0.2, 0.25) is 0 Å². The Kier molecular flexibility index (Phi) is 13.0. The van der Waals surface area contributed by atoms with E-state index in [4.69, 9.17) is 19.9 Å². The lowest BCUT2D eigenvalue weighted by Crippen LogP contribution is -2.54. The van der Waals surface area contributed by atoms with Crippen molar-refractivity contribution < 1.29 is 47.8 Å². The monoisotopic (exact) mass is 827 g/mol. The van der Waals surface area contributed by atoms with E-state index >= 15 is 0 Å². The van der Waals surface area contributed by atoms with Crippen LogP contribution in [0.25, 0.3) is 22.0 Å². The Morgan fingerprint density at radius 3 is 2.25 bits per heavy atom. The van der Waals surface area contributed by atoms with Crippen molar-refractivity contribution in [2.75, 3.05) is 51.4 Å². The number of hydrogen-bond acceptors (Lipinski definition) is 12. The molecule has 6 N–H and O–H groups in total. The first-order chi connectivity index (χ1) is 29.6. The zero-order chi connectivity index (χ0) is 42.9. The number of carbonyl (C=O) groups excluding carboxylic acids is 7. The Balaban J connectivity index is 0.790. The number of anilines is 2. The molecule has 61 heavy (non-hydrogen) atoms. The Hall–Kier alpha value is -7.50. The van der Waals surface area contributed by atoms with E-state index in [0.717, 1.165) is 27.1 Å². The van der Waals surface area contributed by atoms with Gasteiger partial charge >= 0.3 is 0 Å². The summed E-state index contributed by atoms with van der Waals surface area (Å²) in [4.78, 5) is 92.8. The number of pyridine rings is 1. The molecule has 4 aromatic carbocycles. The smallest absolute Gasteiger partial charge is 0.266 e. The third-order valence-electron chi connectivity index (χ3n) is 9.92. The van der Waals surface area contributed by atoms with Gasteiger partial charge in [-0.15, -0.1) is 0 Å². The topological polar surface area (TPSA) is 237 Å². The second-order valence-electron chi connectivity index (χ2n) is 14.0. The highest BCUT2D eigenvalue weighted by atomic mass is 16.5. The fourth-order valence-electron chi connectivity index (χ4n) is 6.90. The number of nitrogens with one attached hydrogen (secondary N) is 4. The van der Waals surface area contributed by atoms with Crippen molar-refractivity contribution in [2.24, 2.45) is 5.73 Å². The van der Waals surface area contributed by atoms with Gasteiger partial charge in [0.15, 0.2) is 6.61 Å². The van der Waals surface area contributed by atoms with E-state index in [2.05, 4.69) is 26.3 Å². The summed E-state index contributed by atoms with van der Waals surface area (Å²) in [5.41, 5.74) is 10.2. The Morgan fingerprint density at radius 2 is 1.52 bits per heavy atom. The number of ether oxygens (including phenoxy) is 3. The number of piperidine rings is 1. The lowest BCUT2D eigenvalue weighted by molar-refractivity contribution is -0.136. The van der Waals surface area contributed by atoms with E-state index in [1.165, 1.54) is 24.4 Å². The molecule has 7 amide bonds. The van der Waals surface area contributed by atoms with Crippen LogP contribution in [0.15, 0.2) is 97.2 Å². The molecule has 1 unspecified atom stereocenters. The molecular formula is C44H41N7O10.